The number of hydrogen-bond donors (Lipinski definition) is 2. The van der Waals surface area contributed by atoms with Crippen molar-refractivity contribution in [1.82, 2.24) is 19.4 Å². The summed E-state index contributed by atoms with van der Waals surface area (Å²) in [6.07, 6.45) is 2.55. The third kappa shape index (κ3) is 3.02. The number of carbonyl (C=O) groups excluding carboxylic acids is 1. The van der Waals surface area contributed by atoms with Crippen molar-refractivity contribution in [2.24, 2.45) is 5.73 Å². The summed E-state index contributed by atoms with van der Waals surface area (Å²) in [5.74, 6) is 1.35. The fraction of sp³-hybridized carbons (Fsp3) is 0.182. The Balaban J connectivity index is 1.61. The smallest absolute Gasteiger partial charge is 0.252 e. The van der Waals surface area contributed by atoms with Crippen LogP contribution in [-0.2, 0) is 13.0 Å². The summed E-state index contributed by atoms with van der Waals surface area (Å²) < 4.78 is 7.60. The number of rotatable bonds is 5. The number of nitrogens with two attached hydrogens (primary N) is 1. The van der Waals surface area contributed by atoms with E-state index in [-0.39, 0.29) is 0 Å². The van der Waals surface area contributed by atoms with E-state index in [1.807, 2.05) is 35.7 Å². The van der Waals surface area contributed by atoms with Crippen LogP contribution >= 0.6 is 0 Å². The molecule has 0 fully saturated rings. The molecular weight excluding hydrogens is 380 g/mol. The molecule has 5 rings (SSSR count). The second-order valence-corrected chi connectivity index (χ2v) is 7.13. The van der Waals surface area contributed by atoms with Gasteiger partial charge in [0.1, 0.15) is 11.3 Å². The SMILES string of the molecule is Cc1nc2c(C(N)=O)cccn2c1-c1nc2c(c(NCc3ccccc3)n1)OCC2. The fourth-order valence-corrected chi connectivity index (χ4v) is 3.72. The highest BCUT2D eigenvalue weighted by atomic mass is 16.5. The van der Waals surface area contributed by atoms with Crippen LogP contribution in [0.25, 0.3) is 17.2 Å². The minimum absolute atomic E-state index is 0.360. The van der Waals surface area contributed by atoms with Gasteiger partial charge >= 0.3 is 0 Å². The molecule has 0 bridgehead atoms. The van der Waals surface area contributed by atoms with Gasteiger partial charge in [0.05, 0.1) is 23.6 Å². The van der Waals surface area contributed by atoms with Crippen molar-refractivity contribution in [3.8, 4) is 17.3 Å². The van der Waals surface area contributed by atoms with Crippen LogP contribution in [-0.4, -0.2) is 31.9 Å². The van der Waals surface area contributed by atoms with Crippen LogP contribution < -0.4 is 15.8 Å². The Hall–Kier alpha value is -3.94. The van der Waals surface area contributed by atoms with Crippen LogP contribution in [0, 0.1) is 6.92 Å². The van der Waals surface area contributed by atoms with Gasteiger partial charge < -0.3 is 15.8 Å². The second-order valence-electron chi connectivity index (χ2n) is 7.13. The number of aryl methyl sites for hydroxylation is 1. The maximum atomic E-state index is 11.8. The number of ether oxygens (including phenoxy) is 1. The van der Waals surface area contributed by atoms with Crippen LogP contribution in [0.5, 0.6) is 5.75 Å². The largest absolute Gasteiger partial charge is 0.487 e. The lowest BCUT2D eigenvalue weighted by atomic mass is 10.2. The molecule has 150 valence electrons. The quantitative estimate of drug-likeness (QED) is 0.533. The first-order valence-corrected chi connectivity index (χ1v) is 9.71. The minimum atomic E-state index is -0.523. The number of anilines is 1. The first-order valence-electron chi connectivity index (χ1n) is 9.71. The lowest BCUT2D eigenvalue weighted by Gasteiger charge is -2.12. The summed E-state index contributed by atoms with van der Waals surface area (Å²) in [6, 6.07) is 13.5. The van der Waals surface area contributed by atoms with Crippen LogP contribution in [0.15, 0.2) is 48.7 Å². The average molecular weight is 400 g/mol. The Bertz CT molecular complexity index is 1270. The highest BCUT2D eigenvalue weighted by molar-refractivity contribution is 5.99. The third-order valence-electron chi connectivity index (χ3n) is 5.13. The standard InChI is InChI=1S/C22H20N6O2/c1-13-17(28-10-5-8-15(19(23)29)22(28)25-13)20-26-16-9-11-30-18(16)21(27-20)24-12-14-6-3-2-4-7-14/h2-8,10H,9,11-12H2,1H3,(H2,23,29)(H,24,26,27). The lowest BCUT2D eigenvalue weighted by Crippen LogP contribution is -2.12. The molecule has 30 heavy (non-hydrogen) atoms. The third-order valence-corrected chi connectivity index (χ3v) is 5.13. The molecule has 0 radical (unpaired) electrons. The zero-order chi connectivity index (χ0) is 20.7. The summed E-state index contributed by atoms with van der Waals surface area (Å²) in [5.41, 5.74) is 9.82. The Kier molecular flexibility index (Phi) is 4.31. The molecule has 4 aromatic rings. The Morgan fingerprint density at radius 1 is 1.17 bits per heavy atom. The van der Waals surface area contributed by atoms with Gasteiger partial charge in [-0.05, 0) is 24.6 Å². The predicted molar refractivity (Wildman–Crippen MR) is 112 cm³/mol. The Morgan fingerprint density at radius 3 is 2.80 bits per heavy atom. The number of amides is 1. The molecule has 1 aliphatic heterocycles. The van der Waals surface area contributed by atoms with E-state index in [2.05, 4.69) is 22.4 Å². The molecule has 1 aromatic carbocycles. The van der Waals surface area contributed by atoms with E-state index in [9.17, 15) is 4.79 Å². The normalized spacial score (nSPS) is 12.6. The summed E-state index contributed by atoms with van der Waals surface area (Å²) in [6.45, 7) is 3.06. The van der Waals surface area contributed by atoms with Gasteiger partial charge in [0.2, 0.25) is 0 Å². The summed E-state index contributed by atoms with van der Waals surface area (Å²) in [7, 11) is 0. The Labute approximate surface area is 172 Å². The predicted octanol–water partition coefficient (Wildman–Crippen LogP) is 2.75. The molecule has 0 saturated heterocycles. The summed E-state index contributed by atoms with van der Waals surface area (Å²) in [4.78, 5) is 25.9. The van der Waals surface area contributed by atoms with E-state index in [0.29, 0.717) is 48.2 Å². The van der Waals surface area contributed by atoms with Gasteiger partial charge in [-0.15, -0.1) is 0 Å². The van der Waals surface area contributed by atoms with Crippen molar-refractivity contribution in [3.63, 3.8) is 0 Å². The van der Waals surface area contributed by atoms with E-state index in [1.165, 1.54) is 0 Å². The molecule has 3 aromatic heterocycles. The highest BCUT2D eigenvalue weighted by Crippen LogP contribution is 2.34. The van der Waals surface area contributed by atoms with Crippen molar-refractivity contribution >= 4 is 17.4 Å². The fourth-order valence-electron chi connectivity index (χ4n) is 3.72. The molecule has 0 aliphatic carbocycles. The van der Waals surface area contributed by atoms with Crippen LogP contribution in [0.2, 0.25) is 0 Å². The molecule has 1 amide bonds. The number of nitrogens with zero attached hydrogens (tertiary/aromatic N) is 4. The number of aromatic nitrogens is 4. The topological polar surface area (TPSA) is 107 Å². The minimum Gasteiger partial charge on any atom is -0.487 e. The molecule has 3 N–H and O–H groups in total. The molecule has 1 aliphatic rings. The number of imidazole rings is 1. The van der Waals surface area contributed by atoms with Crippen LogP contribution in [0.4, 0.5) is 5.82 Å². The van der Waals surface area contributed by atoms with Crippen molar-refractivity contribution < 1.29 is 9.53 Å². The van der Waals surface area contributed by atoms with Gasteiger partial charge in [0.15, 0.2) is 17.4 Å². The Morgan fingerprint density at radius 2 is 2.00 bits per heavy atom. The number of benzene rings is 1. The van der Waals surface area contributed by atoms with E-state index >= 15 is 0 Å². The average Bonchev–Trinajstić information content (AvgIpc) is 3.35. The lowest BCUT2D eigenvalue weighted by molar-refractivity contribution is 0.100. The summed E-state index contributed by atoms with van der Waals surface area (Å²) in [5, 5.41) is 3.38. The van der Waals surface area contributed by atoms with Crippen LogP contribution in [0.1, 0.15) is 27.3 Å². The molecule has 0 saturated carbocycles. The van der Waals surface area contributed by atoms with Crippen molar-refractivity contribution in [1.29, 1.82) is 0 Å². The van der Waals surface area contributed by atoms with Gasteiger partial charge in [-0.3, -0.25) is 9.20 Å². The van der Waals surface area contributed by atoms with Gasteiger partial charge in [-0.25, -0.2) is 15.0 Å². The molecule has 0 unspecified atom stereocenters. The van der Waals surface area contributed by atoms with Crippen molar-refractivity contribution in [2.45, 2.75) is 19.9 Å². The number of pyridine rings is 1. The number of primary amides is 1. The number of nitrogens with one attached hydrogen (secondary N) is 1. The van der Waals surface area contributed by atoms with Crippen molar-refractivity contribution in [3.05, 3.63) is 71.2 Å². The number of carbonyl (C=O) groups is 1. The van der Waals surface area contributed by atoms with E-state index < -0.39 is 5.91 Å². The van der Waals surface area contributed by atoms with Crippen molar-refractivity contribution in [2.75, 3.05) is 11.9 Å². The van der Waals surface area contributed by atoms with Gasteiger partial charge in [-0.2, -0.15) is 0 Å². The number of fused-ring (bicyclic) bond motifs is 2. The maximum absolute atomic E-state index is 11.8. The van der Waals surface area contributed by atoms with Gasteiger partial charge in [0, 0.05) is 19.2 Å². The van der Waals surface area contributed by atoms with E-state index in [4.69, 9.17) is 20.4 Å². The molecule has 8 heteroatoms. The molecule has 0 atom stereocenters. The zero-order valence-corrected chi connectivity index (χ0v) is 16.4. The van der Waals surface area contributed by atoms with Gasteiger partial charge in [0.25, 0.3) is 5.91 Å². The number of hydrogen-bond acceptors (Lipinski definition) is 6. The second kappa shape index (κ2) is 7.14. The first-order chi connectivity index (χ1) is 14.6. The highest BCUT2D eigenvalue weighted by Gasteiger charge is 2.24. The molecule has 4 heterocycles. The van der Waals surface area contributed by atoms with Gasteiger partial charge in [-0.1, -0.05) is 30.3 Å². The first kappa shape index (κ1) is 18.1. The molecule has 8 nitrogen and oxygen atoms in total. The summed E-state index contributed by atoms with van der Waals surface area (Å²) >= 11 is 0. The van der Waals surface area contributed by atoms with E-state index in [0.717, 1.165) is 22.6 Å². The van der Waals surface area contributed by atoms with E-state index in [1.54, 1.807) is 12.1 Å². The van der Waals surface area contributed by atoms with Crippen LogP contribution in [0.3, 0.4) is 0 Å². The maximum Gasteiger partial charge on any atom is 0.252 e. The monoisotopic (exact) mass is 400 g/mol. The molecule has 0 spiro atoms. The molecular formula is C22H20N6O2. The zero-order valence-electron chi connectivity index (χ0n) is 16.4.